The number of ketones is 6. The van der Waals surface area contributed by atoms with Crippen LogP contribution in [0.2, 0.25) is 0 Å². The molecule has 12 aromatic rings. The van der Waals surface area contributed by atoms with Gasteiger partial charge in [0.2, 0.25) is 5.91 Å². The molecule has 1 amide bonds. The Kier molecular flexibility index (Phi) is 31.1. The summed E-state index contributed by atoms with van der Waals surface area (Å²) in [6.45, 7) is 27.9. The van der Waals surface area contributed by atoms with Crippen LogP contribution in [-0.4, -0.2) is 145 Å². The predicted molar refractivity (Wildman–Crippen MR) is 522 cm³/mol. The van der Waals surface area contributed by atoms with Crippen molar-refractivity contribution >= 4 is 66.2 Å². The summed E-state index contributed by atoms with van der Waals surface area (Å²) in [5.74, 6) is 5.54. The van der Waals surface area contributed by atoms with Crippen molar-refractivity contribution < 1.29 is 87.1 Å². The van der Waals surface area contributed by atoms with E-state index in [1.165, 1.54) is 18.2 Å². The number of phenolic OH excluding ortho intramolecular Hbond substituents is 1. The summed E-state index contributed by atoms with van der Waals surface area (Å²) in [5, 5.41) is 12.5. The number of phenols is 1. The monoisotopic (exact) mass is 1940 g/mol. The second-order valence-corrected chi connectivity index (χ2v) is 40.8. The van der Waals surface area contributed by atoms with Crippen molar-refractivity contribution in [1.29, 1.82) is 0 Å². The van der Waals surface area contributed by atoms with Gasteiger partial charge in [0.25, 0.3) is 0 Å². The van der Waals surface area contributed by atoms with Crippen LogP contribution in [0.4, 0.5) is 18.9 Å². The smallest absolute Gasteiger partial charge is 0.508 e. The number of halogens is 3. The van der Waals surface area contributed by atoms with E-state index in [1.54, 1.807) is 97.6 Å². The molecule has 0 aliphatic heterocycles. The normalized spacial score (nSPS) is 18.9. The highest BCUT2D eigenvalue weighted by Crippen LogP contribution is 2.45. The fourth-order valence-electron chi connectivity index (χ4n) is 18.7. The maximum Gasteiger partial charge on any atom is 0.534 e. The first kappa shape index (κ1) is 103. The number of aromatic nitrogens is 10. The zero-order valence-electron chi connectivity index (χ0n) is 81.8. The van der Waals surface area contributed by atoms with E-state index >= 15 is 0 Å². The molecule has 6 aliphatic carbocycles. The standard InChI is InChI=1S/C27H29N3O4S.C18H17F3N2O4S.C18H20N2O2.2C17H18N2O2.C11H12O2/c1-5-35(33,34)22-9-6-19(7-10-22)15-25(31)30-21-8-11-23-20(16-21)12-13-27(4,26(23)32)24-14-17(2)28-18(3)29-24;1-10-8-15(23-11(2)22-10)17(3)7-6-12-9-13(4-5-14(12)16(17)24)27-28(25,26)18(19,20)21;1-11-9-16(20-12(2)19-11)18(3)8-7-13-10-14(22-4)5-6-15(13)17(18)21;1-10-8-16(19-11(2)18-10)15-6-4-12-9-13(21-3)5-7-14(12)17(15)20;1-10-8-15(19-11(2)18-10)17(3)7-6-12-9-13(20)4-5-14(12)16(17)21;1-13-9-5-6-10-8(7-9)3-2-4-11(10)12/h6-11,14,16H,5,12-13,15H2,1-4H3,(H,30,31);4-5,8-9H,6-7H2,1-3H3;5-6,9-10H,7-8H2,1-4H3;5,7-9,15H,4,6H2,1-3H3;4-5,8-9,20H,6-7H2,1-3H3;5-7H,2-4H2,1H3. The van der Waals surface area contributed by atoms with E-state index in [1.807, 2.05) is 161 Å². The second kappa shape index (κ2) is 42.0. The molecule has 5 atom stereocenters. The van der Waals surface area contributed by atoms with E-state index < -0.39 is 52.9 Å². The molecule has 2 N–H and O–H groups in total. The van der Waals surface area contributed by atoms with E-state index in [2.05, 4.69) is 59.3 Å². The topological polar surface area (TPSA) is 386 Å². The lowest BCUT2D eigenvalue weighted by Crippen LogP contribution is -2.38. The number of nitrogens with zero attached hydrogens (tertiary/aromatic N) is 10. The number of carbonyl (C=O) groups excluding carboxylic acids is 7. The van der Waals surface area contributed by atoms with E-state index in [4.69, 9.17) is 14.2 Å². The number of amides is 1. The Balaban J connectivity index is 0.000000144. The van der Waals surface area contributed by atoms with Gasteiger partial charge in [-0.1, -0.05) is 19.1 Å². The number of hydrogen-bond acceptors (Lipinski definition) is 26. The van der Waals surface area contributed by atoms with Gasteiger partial charge in [-0.05, 0) is 365 Å². The Bertz CT molecular complexity index is 7040. The average molecular weight is 1940 g/mol. The van der Waals surface area contributed by atoms with Crippen LogP contribution in [0.25, 0.3) is 0 Å². The lowest BCUT2D eigenvalue weighted by atomic mass is 9.69. The second-order valence-electron chi connectivity index (χ2n) is 37.0. The third-order valence-corrected chi connectivity index (χ3v) is 29.2. The molecule has 5 heterocycles. The maximum absolute atomic E-state index is 13.5. The van der Waals surface area contributed by atoms with Crippen LogP contribution in [0.5, 0.6) is 28.7 Å². The van der Waals surface area contributed by atoms with Crippen LogP contribution in [0.1, 0.15) is 273 Å². The van der Waals surface area contributed by atoms with Crippen LogP contribution in [-0.2, 0) is 91.4 Å². The molecule has 730 valence electrons. The summed E-state index contributed by atoms with van der Waals surface area (Å²) in [7, 11) is -4.11. The largest absolute Gasteiger partial charge is 0.534 e. The summed E-state index contributed by atoms with van der Waals surface area (Å²) in [4.78, 5) is 133. The number of ether oxygens (including phenoxy) is 3. The molecule has 5 unspecified atom stereocenters. The highest BCUT2D eigenvalue weighted by molar-refractivity contribution is 7.91. The number of Topliss-reactive ketones (excluding diaryl/α,β-unsaturated/α-hetero) is 6. The van der Waals surface area contributed by atoms with Gasteiger partial charge in [0.15, 0.2) is 44.5 Å². The van der Waals surface area contributed by atoms with Gasteiger partial charge in [0.05, 0.1) is 94.4 Å². The fourth-order valence-corrected chi connectivity index (χ4v) is 20.0. The number of benzene rings is 7. The number of hydrogen-bond donors (Lipinski definition) is 2. The summed E-state index contributed by atoms with van der Waals surface area (Å²) < 4.78 is 103. The minimum absolute atomic E-state index is 0.0243. The fraction of sp³-hybridized carbons (Fsp3) is 0.361. The summed E-state index contributed by atoms with van der Waals surface area (Å²) in [6, 6.07) is 46.6. The van der Waals surface area contributed by atoms with E-state index in [0.29, 0.717) is 95.5 Å². The highest BCUT2D eigenvalue weighted by atomic mass is 32.2. The molecule has 6 aliphatic rings. The molecule has 32 heteroatoms. The maximum atomic E-state index is 13.5. The Morgan fingerprint density at radius 1 is 0.407 bits per heavy atom. The molecular formula is C108H114F3N11O16S2. The van der Waals surface area contributed by atoms with Crippen LogP contribution >= 0.6 is 0 Å². The van der Waals surface area contributed by atoms with Gasteiger partial charge in [-0.2, -0.15) is 21.6 Å². The summed E-state index contributed by atoms with van der Waals surface area (Å²) >= 11 is 0. The van der Waals surface area contributed by atoms with Gasteiger partial charge in [0.1, 0.15) is 57.9 Å². The number of alkyl halides is 3. The molecule has 140 heavy (non-hydrogen) atoms. The third-order valence-electron chi connectivity index (χ3n) is 26.5. The number of aryl methyl sites for hydroxylation is 16. The summed E-state index contributed by atoms with van der Waals surface area (Å²) in [6.07, 6.45) is 9.51. The number of anilines is 1. The van der Waals surface area contributed by atoms with Crippen molar-refractivity contribution in [3.63, 3.8) is 0 Å². The molecule has 0 radical (unpaired) electrons. The minimum Gasteiger partial charge on any atom is -0.508 e. The first-order valence-electron chi connectivity index (χ1n) is 46.2. The molecule has 5 aromatic heterocycles. The zero-order chi connectivity index (χ0) is 102. The van der Waals surface area contributed by atoms with Crippen molar-refractivity contribution in [3.05, 3.63) is 322 Å². The molecule has 0 fully saturated rings. The molecule has 0 spiro atoms. The van der Waals surface area contributed by atoms with Crippen LogP contribution in [0.15, 0.2) is 169 Å². The Labute approximate surface area is 813 Å². The van der Waals surface area contributed by atoms with Gasteiger partial charge in [-0.15, -0.1) is 0 Å². The lowest BCUT2D eigenvalue weighted by molar-refractivity contribution is -0.115. The quantitative estimate of drug-likeness (QED) is 0.0711. The molecule has 7 aromatic carbocycles. The molecule has 27 nitrogen and oxygen atoms in total. The van der Waals surface area contributed by atoms with E-state index in [9.17, 15) is 68.7 Å². The first-order valence-corrected chi connectivity index (χ1v) is 49.2. The average Bonchev–Trinajstić information content (AvgIpc) is 0.762. The first-order chi connectivity index (χ1) is 66.1. The van der Waals surface area contributed by atoms with Crippen LogP contribution in [0, 0.1) is 69.2 Å². The molecule has 0 saturated heterocycles. The Hall–Kier alpha value is -13.9. The minimum atomic E-state index is -5.77. The summed E-state index contributed by atoms with van der Waals surface area (Å²) in [5.41, 5.74) is 10.6. The number of methoxy groups -OCH3 is 3. The number of sulfone groups is 1. The number of fused-ring (bicyclic) bond motifs is 6. The van der Waals surface area contributed by atoms with Gasteiger partial charge in [-0.25, -0.2) is 58.3 Å². The van der Waals surface area contributed by atoms with Crippen molar-refractivity contribution in [2.75, 3.05) is 32.4 Å². The number of nitrogens with one attached hydrogen (secondary N) is 1. The Morgan fingerprint density at radius 2 is 0.757 bits per heavy atom. The van der Waals surface area contributed by atoms with E-state index in [0.717, 1.165) is 181 Å². The van der Waals surface area contributed by atoms with Crippen molar-refractivity contribution in [2.45, 2.75) is 232 Å². The highest BCUT2D eigenvalue weighted by Gasteiger charge is 2.50. The van der Waals surface area contributed by atoms with Crippen molar-refractivity contribution in [2.24, 2.45) is 0 Å². The predicted octanol–water partition coefficient (Wildman–Crippen LogP) is 18.9. The molecular weight excluding hydrogens is 1830 g/mol. The van der Waals surface area contributed by atoms with Gasteiger partial charge in [0, 0.05) is 74.0 Å². The van der Waals surface area contributed by atoms with Gasteiger partial charge < -0.3 is 28.8 Å². The van der Waals surface area contributed by atoms with Gasteiger partial charge >= 0.3 is 15.6 Å². The molecule has 0 bridgehead atoms. The molecule has 0 saturated carbocycles. The number of aromatic hydroxyl groups is 1. The SMILES string of the molecule is CCS(=O)(=O)c1ccc(CC(=O)Nc2ccc3c(c2)CCC(C)(c2cc(C)nc(C)n2)C3=O)cc1.COc1ccc2c(c1)CCC(C)(c1cc(C)nc(C)n1)C2=O.COc1ccc2c(c1)CCC(c1cc(C)nc(C)n1)C2=O.COc1ccc2c(c1)CCCC2=O.Cc1cc(C2(C)CCc3cc(O)ccc3C2=O)nc(C)n1.Cc1cc(C2(C)CCc3cc(OS(=O)(=O)C(F)(F)F)ccc3C2=O)nc(C)n1. The van der Waals surface area contributed by atoms with E-state index in [-0.39, 0.29) is 69.3 Å². The Morgan fingerprint density at radius 3 is 1.16 bits per heavy atom. The van der Waals surface area contributed by atoms with Crippen molar-refractivity contribution in [3.8, 4) is 28.7 Å². The van der Waals surface area contributed by atoms with Crippen LogP contribution in [0.3, 0.4) is 0 Å². The number of carbonyl (C=O) groups is 7. The number of rotatable bonds is 15. The lowest BCUT2D eigenvalue weighted by Gasteiger charge is -2.33. The molecule has 18 rings (SSSR count). The van der Waals surface area contributed by atoms with Crippen LogP contribution < -0.4 is 23.7 Å². The van der Waals surface area contributed by atoms with Gasteiger partial charge in [-0.3, -0.25) is 33.6 Å². The van der Waals surface area contributed by atoms with Crippen molar-refractivity contribution in [1.82, 2.24) is 49.8 Å². The zero-order valence-corrected chi connectivity index (χ0v) is 83.4. The third kappa shape index (κ3) is 23.0.